The van der Waals surface area contributed by atoms with Crippen LogP contribution in [0.1, 0.15) is 0 Å². The lowest BCUT2D eigenvalue weighted by Gasteiger charge is -2.21. The molecule has 0 radical (unpaired) electrons. The zero-order chi connectivity index (χ0) is 36.4. The van der Waals surface area contributed by atoms with Gasteiger partial charge in [-0.3, -0.25) is 0 Å². The van der Waals surface area contributed by atoms with E-state index in [1.165, 1.54) is 43.7 Å². The summed E-state index contributed by atoms with van der Waals surface area (Å²) < 4.78 is 4.97. The largest absolute Gasteiger partial charge is 0.368 e. The summed E-state index contributed by atoms with van der Waals surface area (Å²) in [4.78, 5) is 14.9. The van der Waals surface area contributed by atoms with E-state index in [1.54, 1.807) is 0 Å². The first-order valence-corrected chi connectivity index (χ1v) is 21.9. The summed E-state index contributed by atoms with van der Waals surface area (Å²) in [6.45, 7) is 7.25. The Morgan fingerprint density at radius 2 is 0.796 bits per heavy atom. The highest BCUT2D eigenvalue weighted by Crippen LogP contribution is 2.38. The van der Waals surface area contributed by atoms with Gasteiger partial charge < -0.3 is 8.80 Å². The molecule has 0 aliphatic carbocycles. The molecule has 10 rings (SSSR count). The van der Waals surface area contributed by atoms with Gasteiger partial charge in [-0.1, -0.05) is 141 Å². The molecule has 0 saturated carbocycles. The van der Waals surface area contributed by atoms with Crippen molar-refractivity contribution in [3.8, 4) is 51.0 Å². The maximum atomic E-state index is 5.02. The average Bonchev–Trinajstić information content (AvgIpc) is 3.74. The molecule has 0 aliphatic heterocycles. The number of hydrogen-bond donors (Lipinski definition) is 0. The first-order valence-electron chi connectivity index (χ1n) is 18.5. The van der Waals surface area contributed by atoms with Gasteiger partial charge in [0.2, 0.25) is 0 Å². The van der Waals surface area contributed by atoms with Crippen molar-refractivity contribution in [1.82, 2.24) is 23.8 Å². The van der Waals surface area contributed by atoms with E-state index in [-0.39, 0.29) is 0 Å². The third kappa shape index (κ3) is 5.34. The van der Waals surface area contributed by atoms with E-state index in [1.807, 2.05) is 60.7 Å². The van der Waals surface area contributed by atoms with E-state index < -0.39 is 8.24 Å². The number of aromatic nitrogens is 5. The van der Waals surface area contributed by atoms with Crippen molar-refractivity contribution in [2.45, 2.75) is 19.6 Å². The minimum absolute atomic E-state index is 0.637. The summed E-state index contributed by atoms with van der Waals surface area (Å²) in [7, 11) is -1.66. The molecule has 0 N–H and O–H groups in total. The molecular formula is C48H37N5Si. The number of hydrogen-bond acceptors (Lipinski definition) is 3. The zero-order valence-electron chi connectivity index (χ0n) is 30.4. The topological polar surface area (TPSA) is 48.5 Å². The summed E-state index contributed by atoms with van der Waals surface area (Å²) in [5.74, 6) is 1.94. The molecule has 0 fully saturated rings. The van der Waals surface area contributed by atoms with Gasteiger partial charge in [0.25, 0.3) is 0 Å². The Labute approximate surface area is 314 Å². The van der Waals surface area contributed by atoms with Crippen molar-refractivity contribution in [1.29, 1.82) is 0 Å². The maximum absolute atomic E-state index is 5.02. The van der Waals surface area contributed by atoms with Crippen LogP contribution in [0.25, 0.3) is 94.6 Å². The SMILES string of the molecule is C[Si](C)(C)n1c2ccccc2c2cc(-c3ccc4c(c3)c3ccccc3n4-c3cccc(-c4nc(-c5ccccc5)nc(-c5ccccc5)n4)c3)ccc21. The van der Waals surface area contributed by atoms with E-state index in [4.69, 9.17) is 15.0 Å². The van der Waals surface area contributed by atoms with Gasteiger partial charge in [0.05, 0.1) is 11.0 Å². The molecular weight excluding hydrogens is 675 g/mol. The quantitative estimate of drug-likeness (QED) is 0.161. The molecule has 0 atom stereocenters. The van der Waals surface area contributed by atoms with Crippen molar-refractivity contribution < 1.29 is 0 Å². The van der Waals surface area contributed by atoms with Crippen LogP contribution in [-0.2, 0) is 0 Å². The molecule has 0 saturated heterocycles. The van der Waals surface area contributed by atoms with Crippen LogP contribution in [0.4, 0.5) is 0 Å². The third-order valence-corrected chi connectivity index (χ3v) is 12.2. The van der Waals surface area contributed by atoms with Crippen molar-refractivity contribution in [2.75, 3.05) is 0 Å². The molecule has 10 aromatic rings. The molecule has 0 spiro atoms. The van der Waals surface area contributed by atoms with Gasteiger partial charge in [-0.25, -0.2) is 15.0 Å². The lowest BCUT2D eigenvalue weighted by molar-refractivity contribution is 1.07. The van der Waals surface area contributed by atoms with Gasteiger partial charge in [-0.2, -0.15) is 0 Å². The van der Waals surface area contributed by atoms with Gasteiger partial charge in [-0.15, -0.1) is 0 Å². The minimum atomic E-state index is -1.66. The van der Waals surface area contributed by atoms with E-state index in [0.29, 0.717) is 17.5 Å². The first kappa shape index (κ1) is 32.1. The summed E-state index contributed by atoms with van der Waals surface area (Å²) >= 11 is 0. The van der Waals surface area contributed by atoms with Gasteiger partial charge in [0, 0.05) is 55.0 Å². The van der Waals surface area contributed by atoms with Gasteiger partial charge in [-0.05, 0) is 59.7 Å². The number of benzene rings is 7. The van der Waals surface area contributed by atoms with Crippen molar-refractivity contribution >= 4 is 51.8 Å². The summed E-state index contributed by atoms with van der Waals surface area (Å²) in [5.41, 5.74) is 11.3. The molecule has 0 bridgehead atoms. The Balaban J connectivity index is 1.12. The van der Waals surface area contributed by atoms with Crippen LogP contribution < -0.4 is 0 Å². The predicted octanol–water partition coefficient (Wildman–Crippen LogP) is 12.4. The molecule has 0 amide bonds. The number of nitrogens with zero attached hydrogens (tertiary/aromatic N) is 5. The smallest absolute Gasteiger partial charge is 0.164 e. The van der Waals surface area contributed by atoms with Crippen LogP contribution in [0, 0.1) is 0 Å². The second kappa shape index (κ2) is 12.5. The molecule has 0 unspecified atom stereocenters. The Bertz CT molecular complexity index is 2970. The van der Waals surface area contributed by atoms with E-state index >= 15 is 0 Å². The second-order valence-electron chi connectivity index (χ2n) is 14.9. The maximum Gasteiger partial charge on any atom is 0.164 e. The van der Waals surface area contributed by atoms with E-state index in [0.717, 1.165) is 33.4 Å². The van der Waals surface area contributed by atoms with Gasteiger partial charge in [0.15, 0.2) is 25.7 Å². The zero-order valence-corrected chi connectivity index (χ0v) is 31.4. The van der Waals surface area contributed by atoms with E-state index in [9.17, 15) is 0 Å². The van der Waals surface area contributed by atoms with Crippen molar-refractivity contribution in [2.24, 2.45) is 0 Å². The lowest BCUT2D eigenvalue weighted by atomic mass is 10.0. The average molecular weight is 712 g/mol. The first-order chi connectivity index (χ1) is 26.4. The molecule has 0 aliphatic rings. The van der Waals surface area contributed by atoms with Crippen molar-refractivity contribution in [3.05, 3.63) is 170 Å². The van der Waals surface area contributed by atoms with Crippen LogP contribution in [-0.4, -0.2) is 32.0 Å². The highest BCUT2D eigenvalue weighted by Gasteiger charge is 2.23. The predicted molar refractivity (Wildman–Crippen MR) is 228 cm³/mol. The van der Waals surface area contributed by atoms with Crippen LogP contribution in [0.5, 0.6) is 0 Å². The van der Waals surface area contributed by atoms with Gasteiger partial charge >= 0.3 is 0 Å². The Morgan fingerprint density at radius 3 is 1.41 bits per heavy atom. The number of para-hydroxylation sites is 2. The summed E-state index contributed by atoms with van der Waals surface area (Å²) in [6.07, 6.45) is 0. The standard InChI is InChI=1S/C48H37N5Si/c1-54(2,3)53-44-24-13-11-22-39(44)41-31-35(26-28-45(41)53)34-25-27-43-40(30-34)38-21-10-12-23-42(38)52(43)37-20-14-19-36(29-37)48-50-46(32-15-6-4-7-16-32)49-47(51-48)33-17-8-5-9-18-33/h4-31H,1-3H3. The summed E-state index contributed by atoms with van der Waals surface area (Å²) in [6, 6.07) is 60.3. The molecule has 5 nitrogen and oxygen atoms in total. The van der Waals surface area contributed by atoms with E-state index in [2.05, 4.69) is 138 Å². The highest BCUT2D eigenvalue weighted by molar-refractivity contribution is 6.76. The fourth-order valence-electron chi connectivity index (χ4n) is 8.03. The van der Waals surface area contributed by atoms with Crippen molar-refractivity contribution in [3.63, 3.8) is 0 Å². The van der Waals surface area contributed by atoms with Crippen LogP contribution >= 0.6 is 0 Å². The second-order valence-corrected chi connectivity index (χ2v) is 19.7. The number of fused-ring (bicyclic) bond motifs is 6. The lowest BCUT2D eigenvalue weighted by Crippen LogP contribution is -2.31. The molecule has 6 heteroatoms. The fourth-order valence-corrected chi connectivity index (χ4v) is 9.86. The third-order valence-electron chi connectivity index (χ3n) is 10.4. The number of rotatable bonds is 6. The van der Waals surface area contributed by atoms with Crippen LogP contribution in [0.3, 0.4) is 0 Å². The Hall–Kier alpha value is -6.63. The van der Waals surface area contributed by atoms with Crippen LogP contribution in [0.2, 0.25) is 19.6 Å². The highest BCUT2D eigenvalue weighted by atomic mass is 28.3. The molecule has 54 heavy (non-hydrogen) atoms. The summed E-state index contributed by atoms with van der Waals surface area (Å²) in [5, 5.41) is 5.07. The van der Waals surface area contributed by atoms with Gasteiger partial charge in [0.1, 0.15) is 0 Å². The molecule has 7 aromatic carbocycles. The monoisotopic (exact) mass is 711 g/mol. The Morgan fingerprint density at radius 1 is 0.352 bits per heavy atom. The Kier molecular flexibility index (Phi) is 7.42. The minimum Gasteiger partial charge on any atom is -0.368 e. The molecule has 258 valence electrons. The normalized spacial score (nSPS) is 12.0. The fraction of sp³-hybridized carbons (Fsp3) is 0.0625. The molecule has 3 aromatic heterocycles. The van der Waals surface area contributed by atoms with Crippen LogP contribution in [0.15, 0.2) is 170 Å². The molecule has 3 heterocycles.